The average molecular weight is 331 g/mol. The summed E-state index contributed by atoms with van der Waals surface area (Å²) in [6.45, 7) is 4.21. The highest BCUT2D eigenvalue weighted by Crippen LogP contribution is 2.31. The van der Waals surface area contributed by atoms with Gasteiger partial charge in [0.05, 0.1) is 0 Å². The van der Waals surface area contributed by atoms with E-state index in [1.165, 1.54) is 0 Å². The first-order chi connectivity index (χ1) is 9.80. The maximum atomic E-state index is 10.7. The molecule has 102 valence electrons. The fourth-order valence-corrected chi connectivity index (χ4v) is 2.48. The van der Waals surface area contributed by atoms with Gasteiger partial charge in [-0.25, -0.2) is 0 Å². The van der Waals surface area contributed by atoms with Crippen molar-refractivity contribution in [3.63, 3.8) is 0 Å². The zero-order valence-electron chi connectivity index (χ0n) is 11.0. The third kappa shape index (κ3) is 3.17. The molecule has 0 bridgehead atoms. The SMILES string of the molecule is C=CC(OC=O)c1cc(CBr)ccc1-c1ccccc1. The molecule has 0 spiro atoms. The number of carbonyl (C=O) groups excluding carboxylic acids is 1. The van der Waals surface area contributed by atoms with Gasteiger partial charge in [0.2, 0.25) is 0 Å². The molecule has 1 unspecified atom stereocenters. The third-order valence-corrected chi connectivity index (χ3v) is 3.73. The summed E-state index contributed by atoms with van der Waals surface area (Å²) in [7, 11) is 0. The second kappa shape index (κ2) is 7.06. The number of halogens is 1. The highest BCUT2D eigenvalue weighted by atomic mass is 79.9. The second-order valence-corrected chi connectivity index (χ2v) is 4.87. The van der Waals surface area contributed by atoms with Crippen molar-refractivity contribution in [2.45, 2.75) is 11.4 Å². The van der Waals surface area contributed by atoms with E-state index in [1.807, 2.05) is 42.5 Å². The number of hydrogen-bond acceptors (Lipinski definition) is 2. The molecule has 0 saturated heterocycles. The van der Waals surface area contributed by atoms with Gasteiger partial charge in [-0.3, -0.25) is 4.79 Å². The monoisotopic (exact) mass is 330 g/mol. The fraction of sp³-hybridized carbons (Fsp3) is 0.118. The molecule has 1 atom stereocenters. The molecular formula is C17H15BrO2. The second-order valence-electron chi connectivity index (χ2n) is 4.31. The van der Waals surface area contributed by atoms with Gasteiger partial charge in [-0.2, -0.15) is 0 Å². The first-order valence-electron chi connectivity index (χ1n) is 6.26. The Balaban J connectivity index is 2.56. The van der Waals surface area contributed by atoms with E-state index >= 15 is 0 Å². The van der Waals surface area contributed by atoms with E-state index in [4.69, 9.17) is 4.74 Å². The van der Waals surface area contributed by atoms with Crippen LogP contribution < -0.4 is 0 Å². The van der Waals surface area contributed by atoms with E-state index in [-0.39, 0.29) is 0 Å². The quantitative estimate of drug-likeness (QED) is 0.438. The van der Waals surface area contributed by atoms with E-state index in [9.17, 15) is 4.79 Å². The Morgan fingerprint density at radius 3 is 2.55 bits per heavy atom. The van der Waals surface area contributed by atoms with Crippen molar-refractivity contribution >= 4 is 22.4 Å². The van der Waals surface area contributed by atoms with Crippen LogP contribution >= 0.6 is 15.9 Å². The largest absolute Gasteiger partial charge is 0.455 e. The maximum absolute atomic E-state index is 10.7. The van der Waals surface area contributed by atoms with Gasteiger partial charge in [0.1, 0.15) is 6.10 Å². The van der Waals surface area contributed by atoms with Crippen molar-refractivity contribution in [2.24, 2.45) is 0 Å². The Morgan fingerprint density at radius 2 is 1.95 bits per heavy atom. The molecule has 0 radical (unpaired) electrons. The van der Waals surface area contributed by atoms with Crippen LogP contribution in [-0.4, -0.2) is 6.47 Å². The Hall–Kier alpha value is -1.87. The molecule has 2 nitrogen and oxygen atoms in total. The number of alkyl halides is 1. The first-order valence-corrected chi connectivity index (χ1v) is 7.38. The summed E-state index contributed by atoms with van der Waals surface area (Å²) in [6.07, 6.45) is 1.19. The summed E-state index contributed by atoms with van der Waals surface area (Å²) in [5.74, 6) is 0. The molecule has 0 N–H and O–H groups in total. The third-order valence-electron chi connectivity index (χ3n) is 3.08. The first kappa shape index (κ1) is 14.5. The van der Waals surface area contributed by atoms with Gasteiger partial charge in [-0.05, 0) is 22.8 Å². The Labute approximate surface area is 127 Å². The summed E-state index contributed by atoms with van der Waals surface area (Å²) in [5.41, 5.74) is 4.20. The lowest BCUT2D eigenvalue weighted by molar-refractivity contribution is -0.131. The van der Waals surface area contributed by atoms with Gasteiger partial charge in [0.25, 0.3) is 6.47 Å². The molecule has 0 aliphatic rings. The molecule has 2 rings (SSSR count). The van der Waals surface area contributed by atoms with Gasteiger partial charge in [0, 0.05) is 10.9 Å². The zero-order valence-corrected chi connectivity index (χ0v) is 12.5. The predicted octanol–water partition coefficient (Wildman–Crippen LogP) is 4.65. The minimum atomic E-state index is -0.443. The molecular weight excluding hydrogens is 316 g/mol. The Bertz CT molecular complexity index is 593. The van der Waals surface area contributed by atoms with Gasteiger partial charge >= 0.3 is 0 Å². The molecule has 0 aliphatic heterocycles. The lowest BCUT2D eigenvalue weighted by atomic mass is 9.94. The summed E-state index contributed by atoms with van der Waals surface area (Å²) < 4.78 is 5.12. The van der Waals surface area contributed by atoms with Crippen LogP contribution in [0.1, 0.15) is 17.2 Å². The average Bonchev–Trinajstić information content (AvgIpc) is 2.53. The molecule has 20 heavy (non-hydrogen) atoms. The van der Waals surface area contributed by atoms with E-state index in [0.717, 1.165) is 27.6 Å². The Morgan fingerprint density at radius 1 is 1.20 bits per heavy atom. The number of carbonyl (C=O) groups is 1. The van der Waals surface area contributed by atoms with Crippen LogP contribution in [0.15, 0.2) is 61.2 Å². The van der Waals surface area contributed by atoms with Crippen molar-refractivity contribution in [2.75, 3.05) is 0 Å². The number of benzene rings is 2. The van der Waals surface area contributed by atoms with Crippen LogP contribution in [0.25, 0.3) is 11.1 Å². The molecule has 0 aliphatic carbocycles. The normalized spacial score (nSPS) is 11.7. The van der Waals surface area contributed by atoms with Crippen LogP contribution in [-0.2, 0) is 14.9 Å². The lowest BCUT2D eigenvalue weighted by Gasteiger charge is -2.17. The minimum absolute atomic E-state index is 0.443. The summed E-state index contributed by atoms with van der Waals surface area (Å²) in [5, 5.41) is 0.750. The van der Waals surface area contributed by atoms with Crippen LogP contribution in [0.5, 0.6) is 0 Å². The highest BCUT2D eigenvalue weighted by molar-refractivity contribution is 9.08. The van der Waals surface area contributed by atoms with E-state index < -0.39 is 6.10 Å². The number of hydrogen-bond donors (Lipinski definition) is 0. The number of ether oxygens (including phenoxy) is 1. The van der Waals surface area contributed by atoms with Gasteiger partial charge in [0.15, 0.2) is 0 Å². The van der Waals surface area contributed by atoms with Gasteiger partial charge < -0.3 is 4.74 Å². The molecule has 0 amide bonds. The van der Waals surface area contributed by atoms with Crippen LogP contribution in [0, 0.1) is 0 Å². The van der Waals surface area contributed by atoms with Crippen molar-refractivity contribution in [1.29, 1.82) is 0 Å². The fourth-order valence-electron chi connectivity index (χ4n) is 2.13. The van der Waals surface area contributed by atoms with Crippen LogP contribution in [0.3, 0.4) is 0 Å². The Kier molecular flexibility index (Phi) is 5.13. The molecule has 0 heterocycles. The van der Waals surface area contributed by atoms with Crippen LogP contribution in [0.2, 0.25) is 0 Å². The van der Waals surface area contributed by atoms with E-state index in [0.29, 0.717) is 6.47 Å². The van der Waals surface area contributed by atoms with E-state index in [2.05, 4.69) is 28.6 Å². The van der Waals surface area contributed by atoms with Crippen molar-refractivity contribution in [1.82, 2.24) is 0 Å². The molecule has 3 heteroatoms. The number of rotatable bonds is 6. The predicted molar refractivity (Wildman–Crippen MR) is 84.6 cm³/mol. The van der Waals surface area contributed by atoms with Gasteiger partial charge in [-0.1, -0.05) is 71.0 Å². The summed E-state index contributed by atoms with van der Waals surface area (Å²) in [4.78, 5) is 10.7. The van der Waals surface area contributed by atoms with Crippen molar-refractivity contribution in [3.05, 3.63) is 72.3 Å². The maximum Gasteiger partial charge on any atom is 0.294 e. The lowest BCUT2D eigenvalue weighted by Crippen LogP contribution is -2.03. The minimum Gasteiger partial charge on any atom is -0.455 e. The smallest absolute Gasteiger partial charge is 0.294 e. The molecule has 0 fully saturated rings. The van der Waals surface area contributed by atoms with Crippen molar-refractivity contribution < 1.29 is 9.53 Å². The van der Waals surface area contributed by atoms with Crippen LogP contribution in [0.4, 0.5) is 0 Å². The van der Waals surface area contributed by atoms with E-state index in [1.54, 1.807) is 6.08 Å². The summed E-state index contributed by atoms with van der Waals surface area (Å²) in [6, 6.07) is 16.2. The molecule has 0 saturated carbocycles. The van der Waals surface area contributed by atoms with Crippen molar-refractivity contribution in [3.8, 4) is 11.1 Å². The molecule has 2 aromatic carbocycles. The zero-order chi connectivity index (χ0) is 14.4. The topological polar surface area (TPSA) is 26.3 Å². The molecule has 2 aromatic rings. The molecule has 0 aromatic heterocycles. The summed E-state index contributed by atoms with van der Waals surface area (Å²) >= 11 is 3.45. The van der Waals surface area contributed by atoms with Gasteiger partial charge in [-0.15, -0.1) is 0 Å². The highest BCUT2D eigenvalue weighted by Gasteiger charge is 2.15. The standard InChI is InChI=1S/C17H15BrO2/c1-2-17(20-12-19)16-10-13(11-18)8-9-15(16)14-6-4-3-5-7-14/h2-10,12,17H,1,11H2.